The van der Waals surface area contributed by atoms with Crippen LogP contribution in [0.25, 0.3) is 0 Å². The second-order valence-corrected chi connectivity index (χ2v) is 13.4. The fourth-order valence-corrected chi connectivity index (χ4v) is 9.94. The van der Waals surface area contributed by atoms with Crippen LogP contribution in [-0.4, -0.2) is 16.5 Å². The molecule has 0 heterocycles. The molecule has 4 rings (SSSR count). The van der Waals surface area contributed by atoms with Gasteiger partial charge in [-0.05, 0) is 116 Å². The molecular weight excluding hydrogens is 380 g/mol. The Labute approximate surface area is 193 Å². The molecule has 31 heavy (non-hydrogen) atoms. The summed E-state index contributed by atoms with van der Waals surface area (Å²) in [6.07, 6.45) is 16.7. The summed E-state index contributed by atoms with van der Waals surface area (Å²) in [5, 5.41) is 19.0. The molecule has 4 fully saturated rings. The van der Waals surface area contributed by atoms with Crippen LogP contribution in [0.1, 0.15) is 118 Å². The van der Waals surface area contributed by atoms with Gasteiger partial charge in [0.1, 0.15) is 0 Å². The topological polar surface area (TPSA) is 40.5 Å². The average Bonchev–Trinajstić information content (AvgIpc) is 3.07. The van der Waals surface area contributed by atoms with E-state index < -0.39 is 6.29 Å². The molecule has 0 aromatic heterocycles. The first-order chi connectivity index (χ1) is 14.7. The number of aliphatic hydroxyl groups excluding tert-OH is 1. The van der Waals surface area contributed by atoms with Gasteiger partial charge in [0.25, 0.3) is 0 Å². The van der Waals surface area contributed by atoms with Crippen LogP contribution in [-0.2, 0) is 0 Å². The van der Waals surface area contributed by atoms with Gasteiger partial charge in [0.2, 0.25) is 0 Å². The van der Waals surface area contributed by atoms with Gasteiger partial charge in [-0.25, -0.2) is 0 Å². The molecule has 0 bridgehead atoms. The number of hydrogen-bond acceptors (Lipinski definition) is 2. The highest BCUT2D eigenvalue weighted by Crippen LogP contribution is 2.68. The molecule has 0 saturated heterocycles. The smallest absolute Gasteiger partial charge is 0.151 e. The van der Waals surface area contributed by atoms with Crippen molar-refractivity contribution in [2.75, 3.05) is 0 Å². The maximum Gasteiger partial charge on any atom is 0.151 e. The molecule has 4 aliphatic carbocycles. The summed E-state index contributed by atoms with van der Waals surface area (Å²) in [5.41, 5.74) is 1.21. The average molecular weight is 433 g/mol. The third-order valence-corrected chi connectivity index (χ3v) is 11.8. The van der Waals surface area contributed by atoms with E-state index in [4.69, 9.17) is 0 Å². The predicted octanol–water partition coefficient (Wildman–Crippen LogP) is 7.42. The van der Waals surface area contributed by atoms with Gasteiger partial charge in [-0.2, -0.15) is 0 Å². The van der Waals surface area contributed by atoms with Gasteiger partial charge in [0.05, 0.1) is 0 Å². The Morgan fingerprint density at radius 2 is 1.52 bits per heavy atom. The number of hydrogen-bond donors (Lipinski definition) is 2. The molecule has 0 aromatic carbocycles. The first-order valence-corrected chi connectivity index (χ1v) is 14.0. The number of aliphatic hydroxyl groups is 2. The highest BCUT2D eigenvalue weighted by molar-refractivity contribution is 5.09. The quantitative estimate of drug-likeness (QED) is 0.411. The summed E-state index contributed by atoms with van der Waals surface area (Å²) in [6.45, 7) is 12.4. The minimum absolute atomic E-state index is 0.435. The van der Waals surface area contributed by atoms with E-state index in [0.29, 0.717) is 29.1 Å². The summed E-state index contributed by atoms with van der Waals surface area (Å²) in [7, 11) is 0. The van der Waals surface area contributed by atoms with Crippen molar-refractivity contribution in [3.8, 4) is 0 Å². The Balaban J connectivity index is 1.42. The number of rotatable bonds is 7. The lowest BCUT2D eigenvalue weighted by Gasteiger charge is -2.61. The van der Waals surface area contributed by atoms with Gasteiger partial charge in [-0.15, -0.1) is 0 Å². The number of fused-ring (bicyclic) bond motifs is 5. The van der Waals surface area contributed by atoms with Crippen molar-refractivity contribution in [1.82, 2.24) is 0 Å². The van der Waals surface area contributed by atoms with Gasteiger partial charge in [0, 0.05) is 6.42 Å². The van der Waals surface area contributed by atoms with Crippen LogP contribution >= 0.6 is 0 Å². The van der Waals surface area contributed by atoms with E-state index in [9.17, 15) is 10.2 Å². The maximum atomic E-state index is 9.51. The Hall–Kier alpha value is -0.0800. The van der Waals surface area contributed by atoms with E-state index in [1.165, 1.54) is 70.6 Å². The highest BCUT2D eigenvalue weighted by atomic mass is 16.5. The molecule has 0 aromatic rings. The van der Waals surface area contributed by atoms with Gasteiger partial charge >= 0.3 is 0 Å². The minimum atomic E-state index is -1.15. The zero-order valence-electron chi connectivity index (χ0n) is 21.3. The second kappa shape index (κ2) is 9.28. The fraction of sp³-hybridized carbons (Fsp3) is 1.00. The molecular formula is C29H52O2. The van der Waals surface area contributed by atoms with Gasteiger partial charge in [0.15, 0.2) is 6.29 Å². The predicted molar refractivity (Wildman–Crippen MR) is 129 cm³/mol. The fourth-order valence-electron chi connectivity index (χ4n) is 9.94. The van der Waals surface area contributed by atoms with E-state index in [1.807, 2.05) is 0 Å². The van der Waals surface area contributed by atoms with E-state index in [0.717, 1.165) is 41.9 Å². The molecule has 1 unspecified atom stereocenters. The Morgan fingerprint density at radius 3 is 2.23 bits per heavy atom. The maximum absolute atomic E-state index is 9.51. The first kappa shape index (κ1) is 24.1. The summed E-state index contributed by atoms with van der Waals surface area (Å²) >= 11 is 0. The minimum Gasteiger partial charge on any atom is -0.368 e. The highest BCUT2D eigenvalue weighted by Gasteiger charge is 2.60. The SMILES string of the molecule is CC(C)[C@@H](CC[C@@H](C)[C@H]1CC[C@H]2[C@@H]3CCC4CCCC[C@]4(C)[C@H]3CC[C@]12C)CC(O)O. The van der Waals surface area contributed by atoms with E-state index >= 15 is 0 Å². The van der Waals surface area contributed by atoms with Gasteiger partial charge in [-0.1, -0.05) is 53.9 Å². The van der Waals surface area contributed by atoms with Crippen molar-refractivity contribution >= 4 is 0 Å². The third kappa shape index (κ3) is 4.39. The monoisotopic (exact) mass is 432 g/mol. The van der Waals surface area contributed by atoms with Crippen LogP contribution in [0.3, 0.4) is 0 Å². The van der Waals surface area contributed by atoms with Crippen LogP contribution in [0.2, 0.25) is 0 Å². The van der Waals surface area contributed by atoms with Gasteiger partial charge < -0.3 is 10.2 Å². The van der Waals surface area contributed by atoms with Crippen molar-refractivity contribution in [1.29, 1.82) is 0 Å². The molecule has 2 nitrogen and oxygen atoms in total. The molecule has 0 radical (unpaired) electrons. The lowest BCUT2D eigenvalue weighted by Crippen LogP contribution is -2.53. The lowest BCUT2D eigenvalue weighted by atomic mass is 9.44. The van der Waals surface area contributed by atoms with Crippen LogP contribution in [0.15, 0.2) is 0 Å². The van der Waals surface area contributed by atoms with E-state index in [1.54, 1.807) is 0 Å². The molecule has 180 valence electrons. The van der Waals surface area contributed by atoms with Crippen LogP contribution in [0.5, 0.6) is 0 Å². The molecule has 4 aliphatic rings. The van der Waals surface area contributed by atoms with E-state index in [2.05, 4.69) is 34.6 Å². The summed E-state index contributed by atoms with van der Waals surface area (Å²) in [4.78, 5) is 0. The zero-order chi connectivity index (χ0) is 22.4. The normalized spacial score (nSPS) is 44.6. The van der Waals surface area contributed by atoms with Crippen LogP contribution < -0.4 is 0 Å². The summed E-state index contributed by atoms with van der Waals surface area (Å²) in [5.74, 6) is 6.62. The molecule has 0 amide bonds. The molecule has 0 spiro atoms. The van der Waals surface area contributed by atoms with Crippen LogP contribution in [0, 0.1) is 58.2 Å². The molecule has 2 heteroatoms. The summed E-state index contributed by atoms with van der Waals surface area (Å²) < 4.78 is 0. The van der Waals surface area contributed by atoms with Crippen LogP contribution in [0.4, 0.5) is 0 Å². The van der Waals surface area contributed by atoms with Crippen molar-refractivity contribution in [3.63, 3.8) is 0 Å². The third-order valence-electron chi connectivity index (χ3n) is 11.8. The molecule has 0 aliphatic heterocycles. The molecule has 2 N–H and O–H groups in total. The Kier molecular flexibility index (Phi) is 7.20. The molecule has 4 saturated carbocycles. The zero-order valence-corrected chi connectivity index (χ0v) is 21.3. The largest absolute Gasteiger partial charge is 0.368 e. The second-order valence-electron chi connectivity index (χ2n) is 13.4. The van der Waals surface area contributed by atoms with E-state index in [-0.39, 0.29) is 0 Å². The standard InChI is InChI=1S/C29H52O2/c1-19(2)21(18-27(30)31)10-9-20(3)24-13-14-25-23-12-11-22-8-6-7-16-28(22,4)26(23)15-17-29(24,25)5/h19-27,30-31H,6-18H2,1-5H3/t20-,21+,22?,23+,24-,25+,26+,28+,29-/m1/s1. The first-order valence-electron chi connectivity index (χ1n) is 14.0. The summed E-state index contributed by atoms with van der Waals surface area (Å²) in [6, 6.07) is 0. The van der Waals surface area contributed by atoms with Crippen molar-refractivity contribution in [2.45, 2.75) is 124 Å². The molecule has 9 atom stereocenters. The van der Waals surface area contributed by atoms with Crippen molar-refractivity contribution in [3.05, 3.63) is 0 Å². The van der Waals surface area contributed by atoms with Gasteiger partial charge in [-0.3, -0.25) is 0 Å². The lowest BCUT2D eigenvalue weighted by molar-refractivity contribution is -0.114. The Morgan fingerprint density at radius 1 is 0.774 bits per heavy atom. The Bertz CT molecular complexity index is 600. The van der Waals surface area contributed by atoms with Crippen molar-refractivity contribution < 1.29 is 10.2 Å². The van der Waals surface area contributed by atoms with Crippen molar-refractivity contribution in [2.24, 2.45) is 58.2 Å².